The van der Waals surface area contributed by atoms with Crippen LogP contribution in [0, 0.1) is 11.7 Å². The molecule has 1 aromatic heterocycles. The number of ether oxygens (including phenoxy) is 1. The van der Waals surface area contributed by atoms with Crippen molar-refractivity contribution >= 4 is 28.5 Å². The highest BCUT2D eigenvalue weighted by molar-refractivity contribution is 6.10. The molecule has 9 heteroatoms. The number of hydrogen-bond donors (Lipinski definition) is 2. The normalized spacial score (nSPS) is 18.1. The van der Waals surface area contributed by atoms with Crippen molar-refractivity contribution in [3.05, 3.63) is 89.9 Å². The van der Waals surface area contributed by atoms with Gasteiger partial charge in [0.05, 0.1) is 25.4 Å². The Bertz CT molecular complexity index is 1580. The van der Waals surface area contributed by atoms with Gasteiger partial charge in [0.25, 0.3) is 5.91 Å². The number of aliphatic hydroxyl groups excluding tert-OH is 1. The van der Waals surface area contributed by atoms with E-state index in [-0.39, 0.29) is 43.4 Å². The minimum atomic E-state index is -0.443. The van der Waals surface area contributed by atoms with Gasteiger partial charge >= 0.3 is 6.03 Å². The van der Waals surface area contributed by atoms with Crippen LogP contribution in [0.3, 0.4) is 0 Å². The highest BCUT2D eigenvalue weighted by atomic mass is 19.1. The largest absolute Gasteiger partial charge is 0.394 e. The summed E-state index contributed by atoms with van der Waals surface area (Å²) in [4.78, 5) is 30.7. The summed E-state index contributed by atoms with van der Waals surface area (Å²) in [7, 11) is 3.58. The SMILES string of the molecule is C[C@@H]1CN([C@H](C)CO)C(=O)c2c(c3ccccc3n2C)-c2ccccc2CO[C@@H]1CN(C)C(=O)Nc1ccc(F)cc1. The van der Waals surface area contributed by atoms with Gasteiger partial charge in [0, 0.05) is 55.3 Å². The third-order valence-electron chi connectivity index (χ3n) is 8.12. The molecule has 0 saturated carbocycles. The molecule has 0 bridgehead atoms. The molecule has 3 atom stereocenters. The molecule has 0 unspecified atom stereocenters. The number of carbonyl (C=O) groups is 2. The number of aliphatic hydroxyl groups is 1. The van der Waals surface area contributed by atoms with Crippen LogP contribution in [-0.2, 0) is 18.4 Å². The first-order chi connectivity index (χ1) is 20.2. The minimum absolute atomic E-state index is 0.171. The van der Waals surface area contributed by atoms with Gasteiger partial charge < -0.3 is 29.5 Å². The third kappa shape index (κ3) is 5.75. The number of aromatic nitrogens is 1. The van der Waals surface area contributed by atoms with Gasteiger partial charge in [0.15, 0.2) is 0 Å². The number of halogens is 1. The molecule has 2 N–H and O–H groups in total. The second kappa shape index (κ2) is 12.3. The summed E-state index contributed by atoms with van der Waals surface area (Å²) < 4.78 is 21.8. The number of nitrogens with one attached hydrogen (secondary N) is 1. The number of amides is 3. The quantitative estimate of drug-likeness (QED) is 0.330. The second-order valence-corrected chi connectivity index (χ2v) is 11.1. The first-order valence-electron chi connectivity index (χ1n) is 14.2. The first-order valence-corrected chi connectivity index (χ1v) is 14.2. The molecule has 42 heavy (non-hydrogen) atoms. The van der Waals surface area contributed by atoms with Gasteiger partial charge in [-0.15, -0.1) is 0 Å². The number of carbonyl (C=O) groups excluding carboxylic acids is 2. The lowest BCUT2D eigenvalue weighted by Crippen LogP contribution is -2.48. The lowest BCUT2D eigenvalue weighted by molar-refractivity contribution is -0.0179. The first kappa shape index (κ1) is 29.3. The predicted octanol–water partition coefficient (Wildman–Crippen LogP) is 5.51. The molecule has 1 aliphatic rings. The van der Waals surface area contributed by atoms with Crippen LogP contribution < -0.4 is 5.32 Å². The molecule has 5 rings (SSSR count). The maximum absolute atomic E-state index is 14.4. The topological polar surface area (TPSA) is 87.0 Å². The molecule has 1 aliphatic heterocycles. The van der Waals surface area contributed by atoms with E-state index in [9.17, 15) is 19.1 Å². The highest BCUT2D eigenvalue weighted by Gasteiger charge is 2.34. The number of hydrogen-bond acceptors (Lipinski definition) is 4. The summed E-state index contributed by atoms with van der Waals surface area (Å²) in [5.41, 5.74) is 4.67. The Hall–Kier alpha value is -4.21. The number of anilines is 1. The Morgan fingerprint density at radius 2 is 1.81 bits per heavy atom. The van der Waals surface area contributed by atoms with Crippen LogP contribution in [0.2, 0.25) is 0 Å². The summed E-state index contributed by atoms with van der Waals surface area (Å²) in [5.74, 6) is -0.741. The zero-order valence-corrected chi connectivity index (χ0v) is 24.4. The van der Waals surface area contributed by atoms with Gasteiger partial charge in [0.1, 0.15) is 11.5 Å². The van der Waals surface area contributed by atoms with E-state index in [2.05, 4.69) is 5.32 Å². The Balaban J connectivity index is 1.53. The number of fused-ring (bicyclic) bond motifs is 5. The van der Waals surface area contributed by atoms with E-state index in [0.29, 0.717) is 17.9 Å². The number of urea groups is 1. The van der Waals surface area contributed by atoms with Crippen LogP contribution in [0.15, 0.2) is 72.8 Å². The molecule has 4 aromatic rings. The Labute approximate surface area is 245 Å². The molecular weight excluding hydrogens is 535 g/mol. The fourth-order valence-electron chi connectivity index (χ4n) is 5.63. The highest BCUT2D eigenvalue weighted by Crippen LogP contribution is 2.38. The average molecular weight is 573 g/mol. The third-order valence-corrected chi connectivity index (χ3v) is 8.12. The van der Waals surface area contributed by atoms with E-state index < -0.39 is 12.1 Å². The predicted molar refractivity (Wildman–Crippen MR) is 162 cm³/mol. The minimum Gasteiger partial charge on any atom is -0.394 e. The smallest absolute Gasteiger partial charge is 0.321 e. The summed E-state index contributed by atoms with van der Waals surface area (Å²) in [6.45, 7) is 4.48. The van der Waals surface area contributed by atoms with Crippen LogP contribution in [0.5, 0.6) is 0 Å². The fourth-order valence-corrected chi connectivity index (χ4v) is 5.63. The number of rotatable bonds is 5. The van der Waals surface area contributed by atoms with Gasteiger partial charge in [-0.3, -0.25) is 4.79 Å². The van der Waals surface area contributed by atoms with Crippen molar-refractivity contribution in [1.29, 1.82) is 0 Å². The Morgan fingerprint density at radius 3 is 2.55 bits per heavy atom. The van der Waals surface area contributed by atoms with Crippen molar-refractivity contribution in [2.24, 2.45) is 13.0 Å². The second-order valence-electron chi connectivity index (χ2n) is 11.1. The molecule has 3 amide bonds. The van der Waals surface area contributed by atoms with Crippen molar-refractivity contribution < 1.29 is 23.8 Å². The summed E-state index contributed by atoms with van der Waals surface area (Å²) >= 11 is 0. The Morgan fingerprint density at radius 1 is 1.12 bits per heavy atom. The van der Waals surface area contributed by atoms with Crippen molar-refractivity contribution in [3.63, 3.8) is 0 Å². The van der Waals surface area contributed by atoms with Gasteiger partial charge in [0.2, 0.25) is 0 Å². The molecule has 0 spiro atoms. The maximum atomic E-state index is 14.4. The van der Waals surface area contributed by atoms with Gasteiger partial charge in [-0.2, -0.15) is 0 Å². The maximum Gasteiger partial charge on any atom is 0.321 e. The fraction of sp³-hybridized carbons (Fsp3) is 0.333. The lowest BCUT2D eigenvalue weighted by Gasteiger charge is -2.35. The van der Waals surface area contributed by atoms with E-state index in [0.717, 1.165) is 27.6 Å². The van der Waals surface area contributed by atoms with E-state index in [1.165, 1.54) is 29.2 Å². The van der Waals surface area contributed by atoms with Gasteiger partial charge in [-0.25, -0.2) is 9.18 Å². The van der Waals surface area contributed by atoms with Crippen LogP contribution in [0.25, 0.3) is 22.0 Å². The zero-order valence-electron chi connectivity index (χ0n) is 24.4. The standard InChI is InChI=1S/C33H37FN4O4/c1-21-17-38(22(2)19-39)32(40)31-30(27-11-7-8-12-28(27)37(31)4)26-10-6-5-9-23(26)20-42-29(21)18-36(3)33(41)35-25-15-13-24(34)14-16-25/h5-16,21-22,29,39H,17-20H2,1-4H3,(H,35,41)/t21-,22-,29-/m1/s1. The number of aryl methyl sites for hydroxylation is 1. The molecule has 0 saturated heterocycles. The average Bonchev–Trinajstić information content (AvgIpc) is 3.29. The van der Waals surface area contributed by atoms with Crippen molar-refractivity contribution in [2.75, 3.05) is 32.1 Å². The van der Waals surface area contributed by atoms with E-state index in [1.54, 1.807) is 11.9 Å². The van der Waals surface area contributed by atoms with Gasteiger partial charge in [-0.05, 0) is 48.4 Å². The molecular formula is C33H37FN4O4. The molecule has 0 radical (unpaired) electrons. The molecule has 2 heterocycles. The number of benzene rings is 3. The molecule has 8 nitrogen and oxygen atoms in total. The number of nitrogens with zero attached hydrogens (tertiary/aromatic N) is 3. The van der Waals surface area contributed by atoms with Crippen LogP contribution in [0.1, 0.15) is 29.9 Å². The van der Waals surface area contributed by atoms with Crippen molar-refractivity contribution in [3.8, 4) is 11.1 Å². The molecule has 220 valence electrons. The monoisotopic (exact) mass is 572 g/mol. The van der Waals surface area contributed by atoms with E-state index in [4.69, 9.17) is 4.74 Å². The van der Waals surface area contributed by atoms with Crippen molar-refractivity contribution in [1.82, 2.24) is 14.4 Å². The van der Waals surface area contributed by atoms with Crippen LogP contribution in [-0.4, -0.2) is 70.3 Å². The van der Waals surface area contributed by atoms with Crippen LogP contribution in [0.4, 0.5) is 14.9 Å². The molecule has 0 fully saturated rings. The van der Waals surface area contributed by atoms with Crippen LogP contribution >= 0.6 is 0 Å². The Kier molecular flexibility index (Phi) is 8.61. The summed E-state index contributed by atoms with van der Waals surface area (Å²) in [5, 5.41) is 13.9. The zero-order chi connectivity index (χ0) is 30.0. The number of para-hydroxylation sites is 1. The van der Waals surface area contributed by atoms with Gasteiger partial charge in [-0.1, -0.05) is 49.4 Å². The number of likely N-dealkylation sites (N-methyl/N-ethyl adjacent to an activating group) is 1. The van der Waals surface area contributed by atoms with E-state index >= 15 is 0 Å². The molecule has 0 aliphatic carbocycles. The summed E-state index contributed by atoms with van der Waals surface area (Å²) in [6, 6.07) is 20.7. The van der Waals surface area contributed by atoms with Crippen molar-refractivity contribution in [2.45, 2.75) is 32.6 Å². The summed E-state index contributed by atoms with van der Waals surface area (Å²) in [6.07, 6.45) is -0.429. The lowest BCUT2D eigenvalue weighted by atomic mass is 9.96. The van der Waals surface area contributed by atoms with E-state index in [1.807, 2.05) is 74.0 Å². The molecule has 3 aromatic carbocycles.